The molecule has 2 heterocycles. The highest BCUT2D eigenvalue weighted by Crippen LogP contribution is 2.30. The fraction of sp³-hybridized carbons (Fsp3) is 0.500. The number of hydrogen-bond donors (Lipinski definition) is 2. The van der Waals surface area contributed by atoms with E-state index in [0.717, 1.165) is 22.4 Å². The Morgan fingerprint density at radius 1 is 1.25 bits per heavy atom. The lowest BCUT2D eigenvalue weighted by atomic mass is 10.1. The molecular weight excluding hydrogens is 426 g/mol. The average molecular weight is 460 g/mol. The number of rotatable bonds is 12. The first-order chi connectivity index (χ1) is 15.4. The van der Waals surface area contributed by atoms with Crippen molar-refractivity contribution < 1.29 is 14.6 Å². The van der Waals surface area contributed by atoms with E-state index in [1.165, 1.54) is 16.9 Å². The molecule has 174 valence electrons. The Morgan fingerprint density at radius 2 is 2.00 bits per heavy atom. The van der Waals surface area contributed by atoms with Gasteiger partial charge in [0.25, 0.3) is 5.56 Å². The second kappa shape index (κ2) is 11.7. The van der Waals surface area contributed by atoms with Crippen molar-refractivity contribution in [2.45, 2.75) is 45.9 Å². The van der Waals surface area contributed by atoms with Crippen LogP contribution in [0.2, 0.25) is 0 Å². The van der Waals surface area contributed by atoms with Gasteiger partial charge >= 0.3 is 0 Å². The highest BCUT2D eigenvalue weighted by molar-refractivity contribution is 7.17. The molecule has 0 aliphatic rings. The fourth-order valence-corrected chi connectivity index (χ4v) is 4.51. The van der Waals surface area contributed by atoms with Crippen LogP contribution in [0.4, 0.5) is 0 Å². The first-order valence-corrected chi connectivity index (χ1v) is 11.8. The van der Waals surface area contributed by atoms with Crippen LogP contribution in [-0.2, 0) is 16.0 Å². The Labute approximate surface area is 193 Å². The van der Waals surface area contributed by atoms with E-state index in [1.54, 1.807) is 7.11 Å². The third-order valence-corrected chi connectivity index (χ3v) is 6.01. The van der Waals surface area contributed by atoms with E-state index in [1.807, 2.05) is 50.4 Å². The number of ether oxygens (including phenoxy) is 2. The van der Waals surface area contributed by atoms with Crippen LogP contribution in [-0.4, -0.2) is 65.6 Å². The quantitative estimate of drug-likeness (QED) is 0.403. The summed E-state index contributed by atoms with van der Waals surface area (Å²) in [5.74, 6) is 0.592. The number of nitrogens with zero attached hydrogens (tertiary/aromatic N) is 2. The zero-order chi connectivity index (χ0) is 23.1. The van der Waals surface area contributed by atoms with E-state index >= 15 is 0 Å². The maximum Gasteiger partial charge on any atom is 0.260 e. The van der Waals surface area contributed by atoms with E-state index in [0.29, 0.717) is 37.5 Å². The van der Waals surface area contributed by atoms with Crippen molar-refractivity contribution in [2.75, 3.05) is 33.4 Å². The van der Waals surface area contributed by atoms with Crippen LogP contribution < -0.4 is 5.56 Å². The smallest absolute Gasteiger partial charge is 0.260 e. The fourth-order valence-electron chi connectivity index (χ4n) is 3.55. The van der Waals surface area contributed by atoms with Gasteiger partial charge in [0.05, 0.1) is 30.7 Å². The number of hydrogen-bond acceptors (Lipinski definition) is 7. The molecule has 3 rings (SSSR count). The predicted octanol–water partition coefficient (Wildman–Crippen LogP) is 3.58. The molecule has 0 saturated heterocycles. The molecule has 0 fully saturated rings. The van der Waals surface area contributed by atoms with E-state index < -0.39 is 6.10 Å². The van der Waals surface area contributed by atoms with Gasteiger partial charge in [0.1, 0.15) is 10.7 Å². The molecule has 0 aliphatic carbocycles. The van der Waals surface area contributed by atoms with Gasteiger partial charge in [0.15, 0.2) is 0 Å². The highest BCUT2D eigenvalue weighted by atomic mass is 32.1. The van der Waals surface area contributed by atoms with Gasteiger partial charge in [0.2, 0.25) is 0 Å². The molecule has 0 bridgehead atoms. The van der Waals surface area contributed by atoms with Crippen LogP contribution in [0, 0.1) is 6.92 Å². The van der Waals surface area contributed by atoms with Gasteiger partial charge in [0, 0.05) is 37.7 Å². The van der Waals surface area contributed by atoms with Crippen molar-refractivity contribution >= 4 is 21.6 Å². The highest BCUT2D eigenvalue weighted by Gasteiger charge is 2.17. The Balaban J connectivity index is 1.79. The molecule has 1 atom stereocenters. The van der Waals surface area contributed by atoms with Crippen molar-refractivity contribution in [3.05, 3.63) is 51.4 Å². The molecule has 2 aromatic heterocycles. The third kappa shape index (κ3) is 6.70. The molecule has 0 radical (unpaired) electrons. The summed E-state index contributed by atoms with van der Waals surface area (Å²) in [5.41, 5.74) is 2.96. The molecule has 8 heteroatoms. The summed E-state index contributed by atoms with van der Waals surface area (Å²) >= 11 is 1.48. The first-order valence-electron chi connectivity index (χ1n) is 11.0. The van der Waals surface area contributed by atoms with Crippen LogP contribution >= 0.6 is 11.3 Å². The number of aliphatic hydroxyl groups excluding tert-OH is 1. The van der Waals surface area contributed by atoms with E-state index in [4.69, 9.17) is 14.5 Å². The Morgan fingerprint density at radius 3 is 2.69 bits per heavy atom. The number of benzene rings is 1. The number of aliphatic hydroxyl groups is 1. The van der Waals surface area contributed by atoms with Crippen LogP contribution in [0.1, 0.15) is 31.7 Å². The molecular formula is C24H33N3O4S. The molecule has 0 spiro atoms. The number of fused-ring (bicyclic) bond motifs is 1. The molecule has 2 N–H and O–H groups in total. The van der Waals surface area contributed by atoms with Gasteiger partial charge < -0.3 is 19.6 Å². The first kappa shape index (κ1) is 24.5. The monoisotopic (exact) mass is 459 g/mol. The number of aromatic amines is 1. The molecule has 32 heavy (non-hydrogen) atoms. The number of aryl methyl sites for hydroxylation is 1. The number of thiophene rings is 1. The average Bonchev–Trinajstić information content (AvgIpc) is 3.17. The van der Waals surface area contributed by atoms with E-state index in [-0.39, 0.29) is 18.3 Å². The predicted molar refractivity (Wildman–Crippen MR) is 129 cm³/mol. The maximum atomic E-state index is 13.0. The van der Waals surface area contributed by atoms with Crippen molar-refractivity contribution in [3.63, 3.8) is 0 Å². The van der Waals surface area contributed by atoms with Gasteiger partial charge in [-0.15, -0.1) is 11.3 Å². The number of H-pyrrole nitrogens is 1. The van der Waals surface area contributed by atoms with Gasteiger partial charge in [-0.25, -0.2) is 4.98 Å². The summed E-state index contributed by atoms with van der Waals surface area (Å²) < 4.78 is 10.7. The second-order valence-electron chi connectivity index (χ2n) is 8.33. The van der Waals surface area contributed by atoms with Crippen molar-refractivity contribution in [2.24, 2.45) is 0 Å². The van der Waals surface area contributed by atoms with Gasteiger partial charge in [-0.3, -0.25) is 9.69 Å². The molecule has 3 aromatic rings. The van der Waals surface area contributed by atoms with E-state index in [2.05, 4.69) is 9.88 Å². The van der Waals surface area contributed by atoms with E-state index in [9.17, 15) is 9.90 Å². The Hall–Kier alpha value is -2.10. The zero-order valence-corrected chi connectivity index (χ0v) is 20.1. The number of methoxy groups -OCH3 is 1. The molecule has 0 aliphatic heterocycles. The minimum atomic E-state index is -0.620. The van der Waals surface area contributed by atoms with Crippen LogP contribution in [0.3, 0.4) is 0 Å². The summed E-state index contributed by atoms with van der Waals surface area (Å²) in [6.45, 7) is 8.41. The maximum absolute atomic E-state index is 13.0. The second-order valence-corrected chi connectivity index (χ2v) is 9.18. The zero-order valence-electron chi connectivity index (χ0n) is 19.3. The Bertz CT molecular complexity index is 1050. The molecule has 1 aromatic carbocycles. The van der Waals surface area contributed by atoms with Crippen LogP contribution in [0.15, 0.2) is 34.4 Å². The normalized spacial score (nSPS) is 12.8. The van der Waals surface area contributed by atoms with Crippen LogP contribution in [0.5, 0.6) is 0 Å². The third-order valence-electron chi connectivity index (χ3n) is 5.14. The standard InChI is InChI=1S/C24H33N3O4S/c1-16(2)31-14-19(28)12-27(10-5-11-30-4)13-21-25-23(29)22-20(15-32-24(22)26-21)18-8-6-17(3)7-9-18/h6-9,15-16,19,28H,5,10-14H2,1-4H3,(H,25,26,29). The lowest BCUT2D eigenvalue weighted by Gasteiger charge is -2.25. The lowest BCUT2D eigenvalue weighted by Crippen LogP contribution is -2.37. The summed E-state index contributed by atoms with van der Waals surface area (Å²) in [4.78, 5) is 23.4. The Kier molecular flexibility index (Phi) is 8.95. The minimum Gasteiger partial charge on any atom is -0.389 e. The number of aromatic nitrogens is 2. The molecule has 0 saturated carbocycles. The van der Waals surface area contributed by atoms with Gasteiger partial charge in [-0.1, -0.05) is 29.8 Å². The largest absolute Gasteiger partial charge is 0.389 e. The summed E-state index contributed by atoms with van der Waals surface area (Å²) in [7, 11) is 1.67. The summed E-state index contributed by atoms with van der Waals surface area (Å²) in [6.07, 6.45) is 0.260. The van der Waals surface area contributed by atoms with Crippen LogP contribution in [0.25, 0.3) is 21.3 Å². The van der Waals surface area contributed by atoms with Crippen molar-refractivity contribution in [3.8, 4) is 11.1 Å². The molecule has 7 nitrogen and oxygen atoms in total. The van der Waals surface area contributed by atoms with Gasteiger partial charge in [-0.2, -0.15) is 0 Å². The lowest BCUT2D eigenvalue weighted by molar-refractivity contribution is -0.0106. The molecule has 0 amide bonds. The molecule has 1 unspecified atom stereocenters. The number of nitrogens with one attached hydrogen (secondary N) is 1. The van der Waals surface area contributed by atoms with Gasteiger partial charge in [-0.05, 0) is 32.8 Å². The summed E-state index contributed by atoms with van der Waals surface area (Å²) in [6, 6.07) is 8.15. The topological polar surface area (TPSA) is 87.7 Å². The SMILES string of the molecule is COCCCN(Cc1nc2scc(-c3ccc(C)cc3)c2c(=O)[nH]1)CC(O)COC(C)C. The minimum absolute atomic E-state index is 0.0635. The van der Waals surface area contributed by atoms with Crippen molar-refractivity contribution in [1.82, 2.24) is 14.9 Å². The summed E-state index contributed by atoms with van der Waals surface area (Å²) in [5, 5.41) is 13.0. The van der Waals surface area contributed by atoms with Crippen molar-refractivity contribution in [1.29, 1.82) is 0 Å².